The highest BCUT2D eigenvalue weighted by molar-refractivity contribution is 5.97. The molecule has 2 aromatic rings. The fourth-order valence-corrected chi connectivity index (χ4v) is 2.77. The smallest absolute Gasteiger partial charge is 0.253 e. The number of hydrogen-bond acceptors (Lipinski definition) is 2. The molecule has 100 valence electrons. The van der Waals surface area contributed by atoms with Crippen LogP contribution in [0.2, 0.25) is 0 Å². The summed E-state index contributed by atoms with van der Waals surface area (Å²) in [7, 11) is 0. The second-order valence-electron chi connectivity index (χ2n) is 5.72. The maximum atomic E-state index is 12.5. The van der Waals surface area contributed by atoms with E-state index in [0.29, 0.717) is 11.8 Å². The molecule has 1 unspecified atom stereocenters. The zero-order valence-corrected chi connectivity index (χ0v) is 11.4. The largest absolute Gasteiger partial charge is 0.338 e. The fourth-order valence-electron chi connectivity index (χ4n) is 2.77. The minimum atomic E-state index is 0.139. The van der Waals surface area contributed by atoms with Gasteiger partial charge in [-0.2, -0.15) is 5.10 Å². The molecule has 0 aliphatic carbocycles. The number of hydrogen-bond donors (Lipinski definition) is 1. The van der Waals surface area contributed by atoms with E-state index in [0.717, 1.165) is 36.0 Å². The number of carbonyl (C=O) groups excluding carboxylic acids is 1. The maximum absolute atomic E-state index is 12.5. The lowest BCUT2D eigenvalue weighted by molar-refractivity contribution is 0.0784. The summed E-state index contributed by atoms with van der Waals surface area (Å²) in [6, 6.07) is 5.73. The number of amides is 1. The SMILES string of the molecule is CC(C)C1CCN(C(=O)c2ccc3cn[nH]c3c2)C1. The fraction of sp³-hybridized carbons (Fsp3) is 0.467. The molecule has 1 aliphatic rings. The molecule has 1 atom stereocenters. The van der Waals surface area contributed by atoms with Gasteiger partial charge >= 0.3 is 0 Å². The third-order valence-corrected chi connectivity index (χ3v) is 4.14. The summed E-state index contributed by atoms with van der Waals surface area (Å²) in [5, 5.41) is 7.94. The van der Waals surface area contributed by atoms with E-state index in [2.05, 4.69) is 24.0 Å². The number of carbonyl (C=O) groups is 1. The van der Waals surface area contributed by atoms with Crippen LogP contribution in [0.4, 0.5) is 0 Å². The van der Waals surface area contributed by atoms with E-state index in [9.17, 15) is 4.79 Å². The quantitative estimate of drug-likeness (QED) is 0.899. The lowest BCUT2D eigenvalue weighted by atomic mass is 9.95. The normalized spacial score (nSPS) is 19.5. The van der Waals surface area contributed by atoms with E-state index >= 15 is 0 Å². The molecule has 1 fully saturated rings. The average molecular weight is 257 g/mol. The molecule has 4 heteroatoms. The number of H-pyrrole nitrogens is 1. The molecule has 1 amide bonds. The van der Waals surface area contributed by atoms with E-state index < -0.39 is 0 Å². The van der Waals surface area contributed by atoms with Gasteiger partial charge in [0.15, 0.2) is 0 Å². The first-order valence-corrected chi connectivity index (χ1v) is 6.87. The van der Waals surface area contributed by atoms with Crippen molar-refractivity contribution in [2.75, 3.05) is 13.1 Å². The topological polar surface area (TPSA) is 49.0 Å². The van der Waals surface area contributed by atoms with E-state index in [1.165, 1.54) is 0 Å². The van der Waals surface area contributed by atoms with Crippen molar-refractivity contribution in [1.29, 1.82) is 0 Å². The Kier molecular flexibility index (Phi) is 3.01. The predicted molar refractivity (Wildman–Crippen MR) is 74.9 cm³/mol. The van der Waals surface area contributed by atoms with E-state index in [1.54, 1.807) is 6.20 Å². The van der Waals surface area contributed by atoms with Crippen LogP contribution in [0, 0.1) is 11.8 Å². The molecule has 1 saturated heterocycles. The zero-order valence-electron chi connectivity index (χ0n) is 11.4. The number of nitrogens with one attached hydrogen (secondary N) is 1. The van der Waals surface area contributed by atoms with Crippen molar-refractivity contribution in [2.24, 2.45) is 11.8 Å². The van der Waals surface area contributed by atoms with Gasteiger partial charge in [0.1, 0.15) is 0 Å². The summed E-state index contributed by atoms with van der Waals surface area (Å²) in [6.07, 6.45) is 2.89. The molecule has 1 aromatic carbocycles. The van der Waals surface area contributed by atoms with Crippen molar-refractivity contribution in [3.63, 3.8) is 0 Å². The Balaban J connectivity index is 1.80. The number of aromatic amines is 1. The predicted octanol–water partition coefficient (Wildman–Crippen LogP) is 2.68. The highest BCUT2D eigenvalue weighted by atomic mass is 16.2. The number of rotatable bonds is 2. The number of aromatic nitrogens is 2. The second kappa shape index (κ2) is 4.68. The molecule has 3 rings (SSSR count). The van der Waals surface area contributed by atoms with E-state index in [4.69, 9.17) is 0 Å². The van der Waals surface area contributed by atoms with Crippen molar-refractivity contribution < 1.29 is 4.79 Å². The summed E-state index contributed by atoms with van der Waals surface area (Å²) in [6.45, 7) is 6.23. The summed E-state index contributed by atoms with van der Waals surface area (Å²) in [4.78, 5) is 14.4. The van der Waals surface area contributed by atoms with Gasteiger partial charge in [0.05, 0.1) is 11.7 Å². The summed E-state index contributed by atoms with van der Waals surface area (Å²) < 4.78 is 0. The van der Waals surface area contributed by atoms with Gasteiger partial charge in [-0.15, -0.1) is 0 Å². The van der Waals surface area contributed by atoms with Crippen molar-refractivity contribution in [1.82, 2.24) is 15.1 Å². The Morgan fingerprint density at radius 2 is 2.32 bits per heavy atom. The molecular weight excluding hydrogens is 238 g/mol. The van der Waals surface area contributed by atoms with Crippen LogP contribution in [0.3, 0.4) is 0 Å². The van der Waals surface area contributed by atoms with Crippen LogP contribution in [0.15, 0.2) is 24.4 Å². The molecule has 0 saturated carbocycles. The molecule has 2 heterocycles. The van der Waals surface area contributed by atoms with Crippen LogP contribution in [-0.4, -0.2) is 34.1 Å². The van der Waals surface area contributed by atoms with Gasteiger partial charge < -0.3 is 4.90 Å². The maximum Gasteiger partial charge on any atom is 0.253 e. The first kappa shape index (κ1) is 12.2. The van der Waals surface area contributed by atoms with Gasteiger partial charge in [-0.1, -0.05) is 19.9 Å². The minimum absolute atomic E-state index is 0.139. The van der Waals surface area contributed by atoms with Crippen LogP contribution < -0.4 is 0 Å². The third kappa shape index (κ3) is 2.23. The van der Waals surface area contributed by atoms with Crippen molar-refractivity contribution >= 4 is 16.8 Å². The van der Waals surface area contributed by atoms with Gasteiger partial charge in [0, 0.05) is 24.0 Å². The summed E-state index contributed by atoms with van der Waals surface area (Å²) in [5.74, 6) is 1.42. The van der Waals surface area contributed by atoms with Gasteiger partial charge in [0.2, 0.25) is 0 Å². The van der Waals surface area contributed by atoms with Gasteiger partial charge in [-0.25, -0.2) is 0 Å². The van der Waals surface area contributed by atoms with Crippen LogP contribution in [0.1, 0.15) is 30.6 Å². The van der Waals surface area contributed by atoms with E-state index in [1.807, 2.05) is 23.1 Å². The zero-order chi connectivity index (χ0) is 13.4. The van der Waals surface area contributed by atoms with Gasteiger partial charge in [0.25, 0.3) is 5.91 Å². The Morgan fingerprint density at radius 3 is 3.05 bits per heavy atom. The Hall–Kier alpha value is -1.84. The second-order valence-corrected chi connectivity index (χ2v) is 5.72. The highest BCUT2D eigenvalue weighted by Gasteiger charge is 2.28. The van der Waals surface area contributed by atoms with Crippen molar-refractivity contribution in [3.05, 3.63) is 30.0 Å². The molecule has 1 aliphatic heterocycles. The molecule has 1 N–H and O–H groups in total. The lowest BCUT2D eigenvalue weighted by Gasteiger charge is -2.18. The van der Waals surface area contributed by atoms with Crippen LogP contribution >= 0.6 is 0 Å². The Morgan fingerprint density at radius 1 is 1.47 bits per heavy atom. The molecule has 0 radical (unpaired) electrons. The Labute approximate surface area is 112 Å². The van der Waals surface area contributed by atoms with Crippen molar-refractivity contribution in [2.45, 2.75) is 20.3 Å². The van der Waals surface area contributed by atoms with Crippen molar-refractivity contribution in [3.8, 4) is 0 Å². The number of fused-ring (bicyclic) bond motifs is 1. The average Bonchev–Trinajstić information content (AvgIpc) is 3.06. The lowest BCUT2D eigenvalue weighted by Crippen LogP contribution is -2.29. The van der Waals surface area contributed by atoms with Crippen LogP contribution in [-0.2, 0) is 0 Å². The Bertz CT molecular complexity index is 602. The number of benzene rings is 1. The molecule has 4 nitrogen and oxygen atoms in total. The number of nitrogens with zero attached hydrogens (tertiary/aromatic N) is 2. The highest BCUT2D eigenvalue weighted by Crippen LogP contribution is 2.25. The number of likely N-dealkylation sites (tertiary alicyclic amines) is 1. The first-order valence-electron chi connectivity index (χ1n) is 6.87. The monoisotopic (exact) mass is 257 g/mol. The summed E-state index contributed by atoms with van der Waals surface area (Å²) >= 11 is 0. The van der Waals surface area contributed by atoms with Crippen LogP contribution in [0.25, 0.3) is 10.9 Å². The molecule has 19 heavy (non-hydrogen) atoms. The molecule has 0 bridgehead atoms. The van der Waals surface area contributed by atoms with Gasteiger partial charge in [-0.3, -0.25) is 9.89 Å². The molecule has 1 aromatic heterocycles. The summed E-state index contributed by atoms with van der Waals surface area (Å²) in [5.41, 5.74) is 1.67. The first-order chi connectivity index (χ1) is 9.15. The van der Waals surface area contributed by atoms with E-state index in [-0.39, 0.29) is 5.91 Å². The van der Waals surface area contributed by atoms with Crippen LogP contribution in [0.5, 0.6) is 0 Å². The van der Waals surface area contributed by atoms with Gasteiger partial charge in [-0.05, 0) is 30.4 Å². The molecular formula is C15H19N3O. The minimum Gasteiger partial charge on any atom is -0.338 e. The third-order valence-electron chi connectivity index (χ3n) is 4.14. The standard InChI is InChI=1S/C15H19N3O/c1-10(2)13-5-6-18(9-13)15(19)11-3-4-12-8-16-17-14(12)7-11/h3-4,7-8,10,13H,5-6,9H2,1-2H3,(H,16,17). The molecule has 0 spiro atoms.